The van der Waals surface area contributed by atoms with E-state index in [4.69, 9.17) is 17.0 Å². The quantitative estimate of drug-likeness (QED) is 0.396. The highest BCUT2D eigenvalue weighted by Crippen LogP contribution is 2.43. The zero-order valence-corrected chi connectivity index (χ0v) is 20.8. The van der Waals surface area contributed by atoms with E-state index in [0.29, 0.717) is 23.7 Å². The maximum absolute atomic E-state index is 12.6. The number of thiophene rings is 1. The van der Waals surface area contributed by atoms with Crippen molar-refractivity contribution in [2.24, 2.45) is 11.3 Å². The van der Waals surface area contributed by atoms with E-state index in [1.807, 2.05) is 0 Å². The summed E-state index contributed by atoms with van der Waals surface area (Å²) in [5, 5.41) is 16.5. The summed E-state index contributed by atoms with van der Waals surface area (Å²) in [6, 6.07) is 9.34. The zero-order chi connectivity index (χ0) is 23.3. The first-order valence-electron chi connectivity index (χ1n) is 11.1. The lowest BCUT2D eigenvalue weighted by Crippen LogP contribution is -2.34. The first-order chi connectivity index (χ1) is 15.2. The number of benzene rings is 1. The molecule has 2 aromatic rings. The molecule has 3 rings (SSSR count). The predicted octanol–water partition coefficient (Wildman–Crippen LogP) is 6.08. The van der Waals surface area contributed by atoms with Gasteiger partial charge < -0.3 is 10.1 Å². The van der Waals surface area contributed by atoms with Gasteiger partial charge in [0.25, 0.3) is 5.91 Å². The van der Waals surface area contributed by atoms with Crippen LogP contribution >= 0.6 is 23.6 Å². The highest BCUT2D eigenvalue weighted by atomic mass is 32.1. The minimum Gasteiger partial charge on any atom is -0.494 e. The highest BCUT2D eigenvalue weighted by molar-refractivity contribution is 7.80. The molecule has 0 spiro atoms. The first-order valence-corrected chi connectivity index (χ1v) is 12.3. The van der Waals surface area contributed by atoms with Crippen molar-refractivity contribution in [1.82, 2.24) is 5.32 Å². The number of amides is 1. The number of unbranched alkanes of at least 4 members (excludes halogenated alkanes) is 1. The van der Waals surface area contributed by atoms with Gasteiger partial charge in [-0.15, -0.1) is 11.3 Å². The molecule has 2 N–H and O–H groups in total. The number of hydrogen-bond donors (Lipinski definition) is 2. The first kappa shape index (κ1) is 24.2. The molecular formula is C25H31N3O2S2. The lowest BCUT2D eigenvalue weighted by Gasteiger charge is -2.33. The molecule has 1 aliphatic carbocycles. The SMILES string of the molecule is CCCCOc1ccc(C(=O)NC(=S)Nc2sc3c(c2C#N)CCC(C(C)(C)C)C3)cc1. The summed E-state index contributed by atoms with van der Waals surface area (Å²) >= 11 is 6.95. The highest BCUT2D eigenvalue weighted by Gasteiger charge is 2.32. The largest absolute Gasteiger partial charge is 0.494 e. The molecule has 5 nitrogen and oxygen atoms in total. The summed E-state index contributed by atoms with van der Waals surface area (Å²) in [7, 11) is 0. The molecule has 1 unspecified atom stereocenters. The molecule has 32 heavy (non-hydrogen) atoms. The van der Waals surface area contributed by atoms with Gasteiger partial charge in [-0.1, -0.05) is 34.1 Å². The number of nitrogens with one attached hydrogen (secondary N) is 2. The van der Waals surface area contributed by atoms with Gasteiger partial charge in [0.2, 0.25) is 0 Å². The molecule has 170 valence electrons. The van der Waals surface area contributed by atoms with Crippen LogP contribution in [0, 0.1) is 22.7 Å². The molecule has 0 bridgehead atoms. The fourth-order valence-corrected chi connectivity index (χ4v) is 5.42. The molecule has 1 atom stereocenters. The number of rotatable bonds is 6. The Labute approximate surface area is 200 Å². The Kier molecular flexibility index (Phi) is 7.91. The minimum atomic E-state index is -0.296. The average molecular weight is 470 g/mol. The number of fused-ring (bicyclic) bond motifs is 1. The fourth-order valence-electron chi connectivity index (χ4n) is 3.88. The van der Waals surface area contributed by atoms with Gasteiger partial charge in [0.05, 0.1) is 12.2 Å². The second-order valence-electron chi connectivity index (χ2n) is 9.26. The number of nitriles is 1. The van der Waals surface area contributed by atoms with Gasteiger partial charge in [-0.3, -0.25) is 10.1 Å². The molecule has 0 saturated heterocycles. The molecule has 1 aliphatic rings. The number of thiocarbonyl (C=S) groups is 1. The third-order valence-electron chi connectivity index (χ3n) is 5.94. The summed E-state index contributed by atoms with van der Waals surface area (Å²) in [4.78, 5) is 13.8. The molecule has 1 heterocycles. The normalized spacial score (nSPS) is 15.4. The Bertz CT molecular complexity index is 1010. The van der Waals surface area contributed by atoms with E-state index in [0.717, 1.165) is 48.4 Å². The molecule has 1 aromatic heterocycles. The lowest BCUT2D eigenvalue weighted by molar-refractivity contribution is 0.0977. The van der Waals surface area contributed by atoms with Crippen molar-refractivity contribution in [2.75, 3.05) is 11.9 Å². The predicted molar refractivity (Wildman–Crippen MR) is 135 cm³/mol. The van der Waals surface area contributed by atoms with Crippen LogP contribution in [0.2, 0.25) is 0 Å². The van der Waals surface area contributed by atoms with Crippen molar-refractivity contribution in [3.8, 4) is 11.8 Å². The second-order valence-corrected chi connectivity index (χ2v) is 10.8. The molecule has 1 amide bonds. The Morgan fingerprint density at radius 2 is 2.03 bits per heavy atom. The second kappa shape index (κ2) is 10.5. The van der Waals surface area contributed by atoms with Gasteiger partial charge in [0.15, 0.2) is 5.11 Å². The number of nitrogens with zero attached hydrogens (tertiary/aromatic N) is 1. The minimum absolute atomic E-state index is 0.195. The van der Waals surface area contributed by atoms with Crippen molar-refractivity contribution in [2.45, 2.75) is 59.8 Å². The smallest absolute Gasteiger partial charge is 0.257 e. The van der Waals surface area contributed by atoms with Crippen molar-refractivity contribution in [3.63, 3.8) is 0 Å². The van der Waals surface area contributed by atoms with Crippen LogP contribution in [0.1, 0.15) is 73.3 Å². The number of ether oxygens (including phenoxy) is 1. The summed E-state index contributed by atoms with van der Waals surface area (Å²) in [5.74, 6) is 1.04. The lowest BCUT2D eigenvalue weighted by atomic mass is 9.72. The molecule has 7 heteroatoms. The van der Waals surface area contributed by atoms with E-state index < -0.39 is 0 Å². The van der Waals surface area contributed by atoms with Gasteiger partial charge in [0, 0.05) is 10.4 Å². The number of carbonyl (C=O) groups excluding carboxylic acids is 1. The number of hydrogen-bond acceptors (Lipinski definition) is 5. The fraction of sp³-hybridized carbons (Fsp3) is 0.480. The van der Waals surface area contributed by atoms with E-state index >= 15 is 0 Å². The van der Waals surface area contributed by atoms with Crippen LogP contribution < -0.4 is 15.4 Å². The Morgan fingerprint density at radius 1 is 1.31 bits per heavy atom. The maximum atomic E-state index is 12.6. The van der Waals surface area contributed by atoms with Gasteiger partial charge in [-0.05, 0) is 79.1 Å². The Morgan fingerprint density at radius 3 is 2.66 bits per heavy atom. The molecule has 1 aromatic carbocycles. The zero-order valence-electron chi connectivity index (χ0n) is 19.2. The van der Waals surface area contributed by atoms with E-state index in [1.54, 1.807) is 35.6 Å². The summed E-state index contributed by atoms with van der Waals surface area (Å²) < 4.78 is 5.64. The maximum Gasteiger partial charge on any atom is 0.257 e. The molecular weight excluding hydrogens is 438 g/mol. The third-order valence-corrected chi connectivity index (χ3v) is 7.31. The van der Waals surface area contributed by atoms with E-state index in [1.165, 1.54) is 4.88 Å². The van der Waals surface area contributed by atoms with Gasteiger partial charge in [-0.25, -0.2) is 0 Å². The van der Waals surface area contributed by atoms with Crippen LogP contribution in [0.4, 0.5) is 5.00 Å². The standard InChI is InChI=1S/C25H31N3O2S2/c1-5-6-13-30-18-10-7-16(8-11-18)22(29)27-24(31)28-23-20(15-26)19-12-9-17(25(2,3)4)14-21(19)32-23/h7-8,10-11,17H,5-6,9,12-14H2,1-4H3,(H2,27,28,29,31). The van der Waals surface area contributed by atoms with Crippen LogP contribution in [-0.4, -0.2) is 17.6 Å². The summed E-state index contributed by atoms with van der Waals surface area (Å²) in [6.45, 7) is 9.60. The molecule has 0 saturated carbocycles. The van der Waals surface area contributed by atoms with Crippen LogP contribution in [0.25, 0.3) is 0 Å². The summed E-state index contributed by atoms with van der Waals surface area (Å²) in [5.41, 5.74) is 2.52. The van der Waals surface area contributed by atoms with Crippen LogP contribution in [-0.2, 0) is 12.8 Å². The molecule has 0 radical (unpaired) electrons. The number of anilines is 1. The van der Waals surface area contributed by atoms with Gasteiger partial charge >= 0.3 is 0 Å². The topological polar surface area (TPSA) is 74.2 Å². The Balaban J connectivity index is 1.63. The molecule has 0 aliphatic heterocycles. The van der Waals surface area contributed by atoms with Crippen molar-refractivity contribution < 1.29 is 9.53 Å². The third kappa shape index (κ3) is 5.87. The van der Waals surface area contributed by atoms with E-state index in [2.05, 4.69) is 44.4 Å². The van der Waals surface area contributed by atoms with Crippen LogP contribution in [0.5, 0.6) is 5.75 Å². The van der Waals surface area contributed by atoms with Crippen LogP contribution in [0.15, 0.2) is 24.3 Å². The van der Waals surface area contributed by atoms with Crippen molar-refractivity contribution in [1.29, 1.82) is 5.26 Å². The van der Waals surface area contributed by atoms with Gasteiger partial charge in [-0.2, -0.15) is 5.26 Å². The molecule has 0 fully saturated rings. The van der Waals surface area contributed by atoms with E-state index in [9.17, 15) is 10.1 Å². The van der Waals surface area contributed by atoms with Gasteiger partial charge in [0.1, 0.15) is 16.8 Å². The Hall–Kier alpha value is -2.43. The van der Waals surface area contributed by atoms with Crippen LogP contribution in [0.3, 0.4) is 0 Å². The average Bonchev–Trinajstić information content (AvgIpc) is 3.09. The van der Waals surface area contributed by atoms with Crippen molar-refractivity contribution >= 4 is 39.6 Å². The van der Waals surface area contributed by atoms with Crippen molar-refractivity contribution in [3.05, 3.63) is 45.8 Å². The monoisotopic (exact) mass is 469 g/mol. The van der Waals surface area contributed by atoms with E-state index in [-0.39, 0.29) is 16.4 Å². The summed E-state index contributed by atoms with van der Waals surface area (Å²) in [6.07, 6.45) is 5.04. The number of carbonyl (C=O) groups is 1.